The molecule has 0 aromatic heterocycles. The molecule has 0 saturated heterocycles. The van der Waals surface area contributed by atoms with E-state index in [9.17, 15) is 4.79 Å². The van der Waals surface area contributed by atoms with E-state index >= 15 is 0 Å². The first-order valence-corrected chi connectivity index (χ1v) is 7.61. The monoisotopic (exact) mass is 400 g/mol. The number of ketones is 1. The first-order valence-electron chi connectivity index (χ1n) is 6.15. The van der Waals surface area contributed by atoms with Crippen LogP contribution in [0.15, 0.2) is 36.4 Å². The molecule has 0 aliphatic rings. The van der Waals surface area contributed by atoms with E-state index in [-0.39, 0.29) is 12.4 Å². The van der Waals surface area contributed by atoms with Crippen LogP contribution in [0.1, 0.15) is 21.5 Å². The quantitative estimate of drug-likeness (QED) is 0.543. The van der Waals surface area contributed by atoms with Crippen molar-refractivity contribution in [3.8, 4) is 5.75 Å². The van der Waals surface area contributed by atoms with Crippen LogP contribution in [0.3, 0.4) is 0 Å². The lowest BCUT2D eigenvalue weighted by Gasteiger charge is -2.12. The molecule has 0 heterocycles. The van der Waals surface area contributed by atoms with Gasteiger partial charge in [0.15, 0.2) is 12.4 Å². The number of rotatable bonds is 4. The maximum Gasteiger partial charge on any atom is 0.200 e. The van der Waals surface area contributed by atoms with Crippen LogP contribution >= 0.6 is 34.2 Å². The molecular weight excluding hydrogens is 387 g/mol. The summed E-state index contributed by atoms with van der Waals surface area (Å²) in [7, 11) is 0. The lowest BCUT2D eigenvalue weighted by atomic mass is 10.1. The predicted octanol–water partition coefficient (Wildman–Crippen LogP) is 4.82. The summed E-state index contributed by atoms with van der Waals surface area (Å²) in [6, 6.07) is 11.1. The fourth-order valence-electron chi connectivity index (χ4n) is 1.98. The van der Waals surface area contributed by atoms with Crippen molar-refractivity contribution < 1.29 is 9.53 Å². The van der Waals surface area contributed by atoms with E-state index < -0.39 is 0 Å². The third-order valence-corrected chi connectivity index (χ3v) is 3.88. The van der Waals surface area contributed by atoms with Gasteiger partial charge in [0.25, 0.3) is 0 Å². The highest BCUT2D eigenvalue weighted by molar-refractivity contribution is 14.1. The Morgan fingerprint density at radius 1 is 1.15 bits per heavy atom. The van der Waals surface area contributed by atoms with E-state index in [1.807, 2.05) is 50.2 Å². The Kier molecular flexibility index (Phi) is 5.05. The molecule has 0 fully saturated rings. The van der Waals surface area contributed by atoms with Gasteiger partial charge in [-0.3, -0.25) is 4.79 Å². The Morgan fingerprint density at radius 2 is 1.70 bits per heavy atom. The van der Waals surface area contributed by atoms with Crippen LogP contribution in [0.5, 0.6) is 5.75 Å². The van der Waals surface area contributed by atoms with E-state index in [4.69, 9.17) is 16.3 Å². The molecule has 2 rings (SSSR count). The van der Waals surface area contributed by atoms with Crippen LogP contribution in [-0.2, 0) is 0 Å². The molecule has 0 amide bonds. The second-order valence-corrected chi connectivity index (χ2v) is 6.27. The zero-order valence-electron chi connectivity index (χ0n) is 11.2. The summed E-state index contributed by atoms with van der Waals surface area (Å²) in [6.45, 7) is 3.87. The molecule has 0 aliphatic heterocycles. The van der Waals surface area contributed by atoms with E-state index in [0.29, 0.717) is 10.6 Å². The van der Waals surface area contributed by atoms with Gasteiger partial charge in [0.2, 0.25) is 0 Å². The molecule has 0 spiro atoms. The van der Waals surface area contributed by atoms with Crippen molar-refractivity contribution in [2.45, 2.75) is 13.8 Å². The van der Waals surface area contributed by atoms with E-state index in [0.717, 1.165) is 20.4 Å². The minimum Gasteiger partial charge on any atom is -0.485 e. The minimum absolute atomic E-state index is 0.0317. The molecule has 0 bridgehead atoms. The molecular formula is C16H14ClIO2. The van der Waals surface area contributed by atoms with Crippen molar-refractivity contribution in [2.24, 2.45) is 0 Å². The number of carbonyl (C=O) groups is 1. The Bertz CT molecular complexity index is 612. The standard InChI is InChI=1S/C16H14ClIO2/c1-10-7-13(17)8-11(2)16(10)20-9-15(19)12-3-5-14(18)6-4-12/h3-8H,9H2,1-2H3. The minimum atomic E-state index is -0.0323. The molecule has 20 heavy (non-hydrogen) atoms. The smallest absolute Gasteiger partial charge is 0.200 e. The molecule has 0 unspecified atom stereocenters. The van der Waals surface area contributed by atoms with Gasteiger partial charge in [-0.2, -0.15) is 0 Å². The van der Waals surface area contributed by atoms with Crippen LogP contribution in [-0.4, -0.2) is 12.4 Å². The van der Waals surface area contributed by atoms with E-state index in [1.165, 1.54) is 0 Å². The Morgan fingerprint density at radius 3 is 2.25 bits per heavy atom. The SMILES string of the molecule is Cc1cc(Cl)cc(C)c1OCC(=O)c1ccc(I)cc1. The zero-order chi connectivity index (χ0) is 14.7. The fraction of sp³-hybridized carbons (Fsp3) is 0.188. The lowest BCUT2D eigenvalue weighted by molar-refractivity contribution is 0.0920. The van der Waals surface area contributed by atoms with Crippen molar-refractivity contribution >= 4 is 40.0 Å². The van der Waals surface area contributed by atoms with Crippen LogP contribution in [0.25, 0.3) is 0 Å². The van der Waals surface area contributed by atoms with Gasteiger partial charge in [-0.15, -0.1) is 0 Å². The van der Waals surface area contributed by atoms with Crippen LogP contribution in [0.2, 0.25) is 5.02 Å². The van der Waals surface area contributed by atoms with Gasteiger partial charge < -0.3 is 4.74 Å². The molecule has 2 nitrogen and oxygen atoms in total. The number of halogens is 2. The molecule has 0 saturated carbocycles. The number of ether oxygens (including phenoxy) is 1. The Hall–Kier alpha value is -1.07. The zero-order valence-corrected chi connectivity index (χ0v) is 14.2. The Labute approximate surface area is 137 Å². The van der Waals surface area contributed by atoms with Gasteiger partial charge in [-0.1, -0.05) is 23.7 Å². The third kappa shape index (κ3) is 3.73. The second kappa shape index (κ2) is 6.59. The fourth-order valence-corrected chi connectivity index (χ4v) is 2.67. The van der Waals surface area contributed by atoms with Gasteiger partial charge in [0, 0.05) is 14.2 Å². The van der Waals surface area contributed by atoms with Crippen molar-refractivity contribution in [3.05, 3.63) is 61.7 Å². The van der Waals surface area contributed by atoms with Crippen molar-refractivity contribution in [1.82, 2.24) is 0 Å². The highest BCUT2D eigenvalue weighted by Gasteiger charge is 2.10. The number of aryl methyl sites for hydroxylation is 2. The van der Waals surface area contributed by atoms with Gasteiger partial charge in [0.05, 0.1) is 0 Å². The lowest BCUT2D eigenvalue weighted by Crippen LogP contribution is -2.12. The molecule has 2 aromatic rings. The molecule has 104 valence electrons. The summed E-state index contributed by atoms with van der Waals surface area (Å²) in [5.74, 6) is 0.698. The van der Waals surface area contributed by atoms with Gasteiger partial charge >= 0.3 is 0 Å². The maximum atomic E-state index is 12.1. The summed E-state index contributed by atoms with van der Waals surface area (Å²) >= 11 is 8.18. The third-order valence-electron chi connectivity index (χ3n) is 2.94. The average Bonchev–Trinajstić information content (AvgIpc) is 2.38. The number of Topliss-reactive ketones (excluding diaryl/α,β-unsaturated/α-hetero) is 1. The van der Waals surface area contributed by atoms with Crippen LogP contribution in [0.4, 0.5) is 0 Å². The van der Waals surface area contributed by atoms with Gasteiger partial charge in [-0.25, -0.2) is 0 Å². The first kappa shape index (κ1) is 15.3. The van der Waals surface area contributed by atoms with Gasteiger partial charge in [0.1, 0.15) is 5.75 Å². The topological polar surface area (TPSA) is 26.3 Å². The highest BCUT2D eigenvalue weighted by Crippen LogP contribution is 2.27. The molecule has 0 radical (unpaired) electrons. The number of carbonyl (C=O) groups excluding carboxylic acids is 1. The average molecular weight is 401 g/mol. The Balaban J connectivity index is 2.09. The number of hydrogen-bond acceptors (Lipinski definition) is 2. The highest BCUT2D eigenvalue weighted by atomic mass is 127. The van der Waals surface area contributed by atoms with E-state index in [1.54, 1.807) is 0 Å². The molecule has 0 N–H and O–H groups in total. The normalized spacial score (nSPS) is 10.4. The summed E-state index contributed by atoms with van der Waals surface area (Å²) in [5, 5.41) is 0.677. The van der Waals surface area contributed by atoms with E-state index in [2.05, 4.69) is 22.6 Å². The summed E-state index contributed by atoms with van der Waals surface area (Å²) in [5.41, 5.74) is 2.53. The molecule has 4 heteroatoms. The van der Waals surface area contributed by atoms with Gasteiger partial charge in [-0.05, 0) is 71.8 Å². The van der Waals surface area contributed by atoms with Crippen molar-refractivity contribution in [1.29, 1.82) is 0 Å². The van der Waals surface area contributed by atoms with Crippen LogP contribution < -0.4 is 4.74 Å². The van der Waals surface area contributed by atoms with Crippen molar-refractivity contribution in [3.63, 3.8) is 0 Å². The predicted molar refractivity (Wildman–Crippen MR) is 89.9 cm³/mol. The van der Waals surface area contributed by atoms with Crippen molar-refractivity contribution in [2.75, 3.05) is 6.61 Å². The summed E-state index contributed by atoms with van der Waals surface area (Å²) < 4.78 is 6.76. The maximum absolute atomic E-state index is 12.1. The first-order chi connectivity index (χ1) is 9.47. The largest absolute Gasteiger partial charge is 0.485 e. The number of hydrogen-bond donors (Lipinski definition) is 0. The molecule has 0 atom stereocenters. The number of benzene rings is 2. The molecule has 0 aliphatic carbocycles. The van der Waals surface area contributed by atoms with Crippen LogP contribution in [0, 0.1) is 17.4 Å². The second-order valence-electron chi connectivity index (χ2n) is 4.59. The summed E-state index contributed by atoms with van der Waals surface area (Å²) in [6.07, 6.45) is 0. The molecule has 2 aromatic carbocycles. The summed E-state index contributed by atoms with van der Waals surface area (Å²) in [4.78, 5) is 12.1.